The van der Waals surface area contributed by atoms with E-state index in [2.05, 4.69) is 25.8 Å². The third-order valence-corrected chi connectivity index (χ3v) is 13.5. The second-order valence-corrected chi connectivity index (χ2v) is 19.4. The smallest absolute Gasteiger partial charge is 0.287 e. The lowest BCUT2D eigenvalue weighted by molar-refractivity contribution is -0.136. The molecule has 1 spiro atoms. The van der Waals surface area contributed by atoms with Crippen molar-refractivity contribution in [3.8, 4) is 5.75 Å². The molecular weight excluding hydrogens is 827 g/mol. The van der Waals surface area contributed by atoms with Gasteiger partial charge in [0.05, 0.1) is 34.0 Å². The minimum Gasteiger partial charge on any atom is -0.488 e. The number of benzene rings is 2. The molecule has 1 unspecified atom stereocenters. The second kappa shape index (κ2) is 16.6. The minimum absolute atomic E-state index is 0.0551. The number of hydrogen-bond donors (Lipinski definition) is 4. The molecule has 2 saturated carbocycles. The van der Waals surface area contributed by atoms with E-state index >= 15 is 0 Å². The number of amides is 5. The number of fused-ring (bicyclic) bond motifs is 2. The number of piperidine rings is 1. The van der Waals surface area contributed by atoms with Crippen molar-refractivity contribution in [1.29, 1.82) is 0 Å². The lowest BCUT2D eigenvalue weighted by Gasteiger charge is -2.60. The lowest BCUT2D eigenvalue weighted by Crippen LogP contribution is -2.63. The fourth-order valence-electron chi connectivity index (χ4n) is 10.4. The molecule has 2 saturated heterocycles. The fraction of sp³-hybridized carbons (Fsp3) is 0.511. The van der Waals surface area contributed by atoms with Crippen molar-refractivity contribution in [3.63, 3.8) is 0 Å². The molecule has 64 heavy (non-hydrogen) atoms. The van der Waals surface area contributed by atoms with Gasteiger partial charge >= 0.3 is 0 Å². The number of carbonyl (C=O) groups is 5. The summed E-state index contributed by atoms with van der Waals surface area (Å²) >= 11 is 0. The normalized spacial score (nSPS) is 22.6. The largest absolute Gasteiger partial charge is 0.488 e. The molecule has 5 heterocycles. The maximum absolute atomic E-state index is 14.0. The Kier molecular flexibility index (Phi) is 11.3. The number of halogens is 2. The molecule has 5 aliphatic rings. The third kappa shape index (κ3) is 8.83. The molecule has 338 valence electrons. The average Bonchev–Trinajstić information content (AvgIpc) is 3.75. The number of aromatic nitrogens is 3. The predicted octanol–water partition coefficient (Wildman–Crippen LogP) is 6.29. The zero-order valence-corrected chi connectivity index (χ0v) is 36.3. The van der Waals surface area contributed by atoms with Crippen molar-refractivity contribution in [3.05, 3.63) is 77.2 Å². The number of nitrogens with zero attached hydrogens (tertiary/aromatic N) is 5. The van der Waals surface area contributed by atoms with Crippen LogP contribution in [0.25, 0.3) is 10.9 Å². The van der Waals surface area contributed by atoms with Gasteiger partial charge in [-0.25, -0.2) is 4.98 Å². The highest BCUT2D eigenvalue weighted by molar-refractivity contribution is 6.25. The first-order chi connectivity index (χ1) is 30.4. The number of hydrogen-bond acceptors (Lipinski definition) is 11. The number of ether oxygens (including phenoxy) is 1. The Morgan fingerprint density at radius 2 is 1.70 bits per heavy atom. The van der Waals surface area contributed by atoms with Crippen LogP contribution in [0.4, 0.5) is 20.2 Å². The molecular formula is C47H54F2N8O7. The Labute approximate surface area is 369 Å². The number of aliphatic hydroxyl groups is 1. The molecule has 4 fully saturated rings. The molecule has 2 aliphatic carbocycles. The number of likely N-dealkylation sites (tertiary alicyclic amines) is 1. The summed E-state index contributed by atoms with van der Waals surface area (Å²) in [6.07, 6.45) is 9.63. The number of carbonyl (C=O) groups excluding carboxylic acids is 5. The van der Waals surface area contributed by atoms with Crippen LogP contribution in [0.5, 0.6) is 5.75 Å². The molecule has 2 aromatic heterocycles. The summed E-state index contributed by atoms with van der Waals surface area (Å²) in [6, 6.07) is 11.8. The van der Waals surface area contributed by atoms with Crippen LogP contribution in [0, 0.1) is 17.3 Å². The van der Waals surface area contributed by atoms with Crippen LogP contribution >= 0.6 is 0 Å². The van der Waals surface area contributed by atoms with Gasteiger partial charge in [0.15, 0.2) is 0 Å². The van der Waals surface area contributed by atoms with Gasteiger partial charge < -0.3 is 25.4 Å². The Morgan fingerprint density at radius 1 is 0.953 bits per heavy atom. The Balaban J connectivity index is 0.740. The molecule has 1 atom stereocenters. The van der Waals surface area contributed by atoms with Gasteiger partial charge in [-0.15, -0.1) is 0 Å². The van der Waals surface area contributed by atoms with Gasteiger partial charge in [-0.2, -0.15) is 13.9 Å². The van der Waals surface area contributed by atoms with Crippen LogP contribution in [-0.4, -0.2) is 104 Å². The van der Waals surface area contributed by atoms with E-state index in [0.717, 1.165) is 68.9 Å². The molecule has 0 bridgehead atoms. The molecule has 15 nitrogen and oxygen atoms in total. The van der Waals surface area contributed by atoms with Crippen LogP contribution < -0.4 is 20.7 Å². The Bertz CT molecular complexity index is 2510. The summed E-state index contributed by atoms with van der Waals surface area (Å²) in [4.78, 5) is 71.5. The highest BCUT2D eigenvalue weighted by atomic mass is 19.3. The molecule has 4 aromatic rings. The zero-order valence-electron chi connectivity index (χ0n) is 36.3. The average molecular weight is 881 g/mol. The quantitative estimate of drug-likeness (QED) is 0.104. The van der Waals surface area contributed by atoms with Gasteiger partial charge in [0.2, 0.25) is 11.8 Å². The molecule has 0 radical (unpaired) electrons. The van der Waals surface area contributed by atoms with Crippen molar-refractivity contribution in [2.45, 2.75) is 102 Å². The zero-order chi connectivity index (χ0) is 45.1. The van der Waals surface area contributed by atoms with Crippen molar-refractivity contribution in [2.75, 3.05) is 43.4 Å². The van der Waals surface area contributed by atoms with Crippen molar-refractivity contribution in [2.24, 2.45) is 17.3 Å². The maximum atomic E-state index is 14.0. The van der Waals surface area contributed by atoms with Crippen LogP contribution in [0.15, 0.2) is 54.7 Å². The topological polar surface area (TPSA) is 188 Å². The second-order valence-electron chi connectivity index (χ2n) is 19.4. The van der Waals surface area contributed by atoms with Crippen LogP contribution in [0.2, 0.25) is 0 Å². The van der Waals surface area contributed by atoms with E-state index in [-0.39, 0.29) is 42.3 Å². The number of imide groups is 2. The standard InChI is InChI=1S/C47H54F2N8O7/c1-45(2,63)26-64-37-19-34-29(18-35(37)52-41(59)33-8-5-9-38(51-33)46(3,48)49)23-56(54-34)30-12-10-27(11-13-30)22-55-24-47(25-55)20-28(21-47)16-17-50-32-7-4-6-31-40(32)44(62)57(43(31)61)36-14-15-39(58)53-42(36)60/h4-9,18-19,23,27-28,30,36,50,63H,10-17,20-22,24-26H2,1-3H3,(H,52,59)(H,53,58,60)/t27-,30-,36?. The number of alkyl halides is 2. The summed E-state index contributed by atoms with van der Waals surface area (Å²) < 4.78 is 35.9. The van der Waals surface area contributed by atoms with E-state index in [4.69, 9.17) is 9.84 Å². The minimum atomic E-state index is -3.21. The van der Waals surface area contributed by atoms with E-state index in [0.29, 0.717) is 46.4 Å². The molecule has 5 amide bonds. The first-order valence-electron chi connectivity index (χ1n) is 22.3. The lowest BCUT2D eigenvalue weighted by atomic mass is 9.57. The molecule has 17 heteroatoms. The van der Waals surface area contributed by atoms with E-state index < -0.39 is 52.8 Å². The third-order valence-electron chi connectivity index (χ3n) is 13.5. The monoisotopic (exact) mass is 880 g/mol. The van der Waals surface area contributed by atoms with Crippen LogP contribution in [0.3, 0.4) is 0 Å². The maximum Gasteiger partial charge on any atom is 0.287 e. The van der Waals surface area contributed by atoms with Gasteiger partial charge in [0.1, 0.15) is 29.8 Å². The fourth-order valence-corrected chi connectivity index (χ4v) is 10.4. The van der Waals surface area contributed by atoms with Gasteiger partial charge in [-0.05, 0) is 113 Å². The predicted molar refractivity (Wildman–Crippen MR) is 232 cm³/mol. The number of anilines is 2. The van der Waals surface area contributed by atoms with Crippen molar-refractivity contribution >= 4 is 51.8 Å². The van der Waals surface area contributed by atoms with Gasteiger partial charge in [-0.1, -0.05) is 12.1 Å². The highest BCUT2D eigenvalue weighted by Crippen LogP contribution is 2.53. The highest BCUT2D eigenvalue weighted by Gasteiger charge is 2.52. The van der Waals surface area contributed by atoms with Crippen LogP contribution in [-0.2, 0) is 15.5 Å². The van der Waals surface area contributed by atoms with E-state index in [9.17, 15) is 37.9 Å². The van der Waals surface area contributed by atoms with Crippen molar-refractivity contribution < 1.29 is 42.6 Å². The summed E-state index contributed by atoms with van der Waals surface area (Å²) in [5.41, 5.74) is 0.706. The van der Waals surface area contributed by atoms with E-state index in [1.807, 2.05) is 10.9 Å². The molecule has 2 aromatic carbocycles. The number of nitrogens with one attached hydrogen (secondary N) is 3. The van der Waals surface area contributed by atoms with E-state index in [1.54, 1.807) is 44.2 Å². The summed E-state index contributed by atoms with van der Waals surface area (Å²) in [7, 11) is 0. The Hall–Kier alpha value is -5.81. The van der Waals surface area contributed by atoms with Crippen LogP contribution in [0.1, 0.15) is 121 Å². The number of rotatable bonds is 14. The molecule has 4 N–H and O–H groups in total. The molecule has 3 aliphatic heterocycles. The summed E-state index contributed by atoms with van der Waals surface area (Å²) in [6.45, 7) is 7.88. The summed E-state index contributed by atoms with van der Waals surface area (Å²) in [5, 5.41) is 24.5. The van der Waals surface area contributed by atoms with Gasteiger partial charge in [-0.3, -0.25) is 38.9 Å². The first-order valence-corrected chi connectivity index (χ1v) is 22.3. The van der Waals surface area contributed by atoms with Gasteiger partial charge in [0.25, 0.3) is 23.6 Å². The van der Waals surface area contributed by atoms with E-state index in [1.165, 1.54) is 31.0 Å². The molecule has 9 rings (SSSR count). The van der Waals surface area contributed by atoms with Crippen molar-refractivity contribution in [1.82, 2.24) is 29.9 Å². The summed E-state index contributed by atoms with van der Waals surface area (Å²) in [5.74, 6) is -4.42. The Morgan fingerprint density at radius 3 is 2.42 bits per heavy atom. The van der Waals surface area contributed by atoms with Gasteiger partial charge in [0, 0.05) is 62.9 Å². The first kappa shape index (κ1) is 43.4. The SMILES string of the molecule is CC(C)(O)COc1cc2nn([C@H]3CC[C@H](CN4CC5(CC(CCNc6cccc7c6C(=O)N(C6CCC(=O)NC6=O)C7=O)C5)C4)CC3)cc2cc1NC(=O)c1cccc(C(C)(F)F)n1. The number of pyridine rings is 1.